The molecule has 1 heterocycles. The summed E-state index contributed by atoms with van der Waals surface area (Å²) in [6, 6.07) is 15.0. The Morgan fingerprint density at radius 1 is 0.971 bits per heavy atom. The van der Waals surface area contributed by atoms with Crippen LogP contribution in [-0.4, -0.2) is 31.9 Å². The molecule has 0 unspecified atom stereocenters. The van der Waals surface area contributed by atoms with Crippen LogP contribution in [0.3, 0.4) is 0 Å². The second kappa shape index (κ2) is 9.55. The van der Waals surface area contributed by atoms with Gasteiger partial charge in [0.05, 0.1) is 19.8 Å². The molecule has 2 aromatic carbocycles. The molecule has 2 aromatic rings. The Morgan fingerprint density at radius 3 is 2.35 bits per heavy atom. The maximum atomic E-state index is 13.6. The summed E-state index contributed by atoms with van der Waals surface area (Å²) >= 11 is 0. The van der Waals surface area contributed by atoms with Gasteiger partial charge in [0.2, 0.25) is 0 Å². The van der Waals surface area contributed by atoms with Crippen molar-refractivity contribution in [3.63, 3.8) is 0 Å². The molecule has 0 spiro atoms. The molecule has 34 heavy (non-hydrogen) atoms. The maximum absolute atomic E-state index is 13.6. The van der Waals surface area contributed by atoms with Crippen LogP contribution in [0, 0.1) is 0 Å². The van der Waals surface area contributed by atoms with Crippen LogP contribution in [-0.2, 0) is 19.1 Å². The first kappa shape index (κ1) is 23.3. The Kier molecular flexibility index (Phi) is 6.54. The molecule has 0 aromatic heterocycles. The van der Waals surface area contributed by atoms with E-state index in [1.54, 1.807) is 18.2 Å². The van der Waals surface area contributed by atoms with Crippen molar-refractivity contribution in [3.8, 4) is 11.5 Å². The molecule has 0 saturated heterocycles. The number of allylic oxidation sites excluding steroid dienone is 3. The van der Waals surface area contributed by atoms with Crippen molar-refractivity contribution >= 4 is 17.7 Å². The van der Waals surface area contributed by atoms with E-state index in [0.29, 0.717) is 41.0 Å². The van der Waals surface area contributed by atoms with E-state index >= 15 is 0 Å². The van der Waals surface area contributed by atoms with Crippen LogP contribution in [0.5, 0.6) is 11.5 Å². The van der Waals surface area contributed by atoms with Gasteiger partial charge in [0.1, 0.15) is 0 Å². The summed E-state index contributed by atoms with van der Waals surface area (Å²) in [4.78, 5) is 37.9. The first-order valence-electron chi connectivity index (χ1n) is 11.1. The molecule has 0 radical (unpaired) electrons. The van der Waals surface area contributed by atoms with E-state index in [2.05, 4.69) is 5.32 Å². The number of benzene rings is 2. The lowest BCUT2D eigenvalue weighted by Gasteiger charge is -2.36. The number of esters is 2. The summed E-state index contributed by atoms with van der Waals surface area (Å²) in [5.41, 5.74) is 4.15. The summed E-state index contributed by atoms with van der Waals surface area (Å²) in [5, 5.41) is 3.32. The normalized spacial score (nSPS) is 19.8. The monoisotopic (exact) mass is 461 g/mol. The van der Waals surface area contributed by atoms with Crippen LogP contribution in [0.2, 0.25) is 0 Å². The van der Waals surface area contributed by atoms with Crippen LogP contribution in [0.15, 0.2) is 71.1 Å². The topological polar surface area (TPSA) is 90.9 Å². The lowest BCUT2D eigenvalue weighted by atomic mass is 9.71. The highest BCUT2D eigenvalue weighted by molar-refractivity contribution is 6.04. The van der Waals surface area contributed by atoms with E-state index in [4.69, 9.17) is 14.2 Å². The van der Waals surface area contributed by atoms with Crippen LogP contribution in [0.25, 0.3) is 0 Å². The standard InChI is InChI=1S/C27H27NO6/c1-15-24(27(31)33-4)25(18-10-11-22(34-16(2)29)23(14-18)32-3)26-20(28-15)12-19(13-21(26)30)17-8-6-5-7-9-17/h5-11,14,19,25,28H,12-13H2,1-4H3/t19-,25+/m1/s1. The van der Waals surface area contributed by atoms with Gasteiger partial charge in [0.15, 0.2) is 17.3 Å². The number of carbonyl (C=O) groups excluding carboxylic acids is 3. The number of Topliss-reactive ketones (excluding diaryl/α,β-unsaturated/α-hetero) is 1. The molecule has 176 valence electrons. The second-order valence-electron chi connectivity index (χ2n) is 8.42. The smallest absolute Gasteiger partial charge is 0.336 e. The van der Waals surface area contributed by atoms with E-state index in [1.807, 2.05) is 37.3 Å². The van der Waals surface area contributed by atoms with E-state index in [1.165, 1.54) is 21.1 Å². The zero-order chi connectivity index (χ0) is 24.4. The first-order chi connectivity index (χ1) is 16.3. The van der Waals surface area contributed by atoms with Gasteiger partial charge in [-0.3, -0.25) is 9.59 Å². The lowest BCUT2D eigenvalue weighted by molar-refractivity contribution is -0.136. The summed E-state index contributed by atoms with van der Waals surface area (Å²) < 4.78 is 15.7. The minimum Gasteiger partial charge on any atom is -0.493 e. The van der Waals surface area contributed by atoms with Gasteiger partial charge in [-0.1, -0.05) is 36.4 Å². The molecule has 0 bridgehead atoms. The number of carbonyl (C=O) groups is 3. The highest BCUT2D eigenvalue weighted by Crippen LogP contribution is 2.46. The number of dihydropyridines is 1. The molecule has 1 N–H and O–H groups in total. The van der Waals surface area contributed by atoms with Gasteiger partial charge in [0, 0.05) is 36.2 Å². The highest BCUT2D eigenvalue weighted by Gasteiger charge is 2.41. The molecular formula is C27H27NO6. The molecule has 7 heteroatoms. The molecule has 7 nitrogen and oxygen atoms in total. The zero-order valence-electron chi connectivity index (χ0n) is 19.6. The molecule has 1 aliphatic carbocycles. The minimum atomic E-state index is -0.631. The number of hydrogen-bond donors (Lipinski definition) is 1. The molecule has 1 aliphatic heterocycles. The van der Waals surface area contributed by atoms with Crippen LogP contribution in [0.1, 0.15) is 49.7 Å². The average Bonchev–Trinajstić information content (AvgIpc) is 2.83. The fourth-order valence-electron chi connectivity index (χ4n) is 4.82. The molecule has 0 amide bonds. The average molecular weight is 462 g/mol. The van der Waals surface area contributed by atoms with Gasteiger partial charge in [0.25, 0.3) is 0 Å². The second-order valence-corrected chi connectivity index (χ2v) is 8.42. The fourth-order valence-corrected chi connectivity index (χ4v) is 4.82. The largest absolute Gasteiger partial charge is 0.493 e. The number of ether oxygens (including phenoxy) is 3. The first-order valence-corrected chi connectivity index (χ1v) is 11.1. The molecule has 2 aliphatic rings. The van der Waals surface area contributed by atoms with Crippen molar-refractivity contribution in [2.45, 2.75) is 38.5 Å². The Morgan fingerprint density at radius 2 is 1.71 bits per heavy atom. The summed E-state index contributed by atoms with van der Waals surface area (Å²) in [5.74, 6) is -0.991. The SMILES string of the molecule is COC(=O)C1=C(C)NC2=C(C(=O)C[C@H](c3ccccc3)C2)[C@H]1c1ccc(OC(C)=O)c(OC)c1. The molecule has 4 rings (SSSR count). The molecular weight excluding hydrogens is 434 g/mol. The number of nitrogens with one attached hydrogen (secondary N) is 1. The third kappa shape index (κ3) is 4.33. The van der Waals surface area contributed by atoms with E-state index in [-0.39, 0.29) is 17.5 Å². The Hall–Kier alpha value is -3.87. The van der Waals surface area contributed by atoms with Gasteiger partial charge in [-0.2, -0.15) is 0 Å². The van der Waals surface area contributed by atoms with Crippen molar-refractivity contribution in [2.75, 3.05) is 14.2 Å². The minimum absolute atomic E-state index is 0.0236. The van der Waals surface area contributed by atoms with E-state index < -0.39 is 17.9 Å². The third-order valence-corrected chi connectivity index (χ3v) is 6.28. The van der Waals surface area contributed by atoms with Gasteiger partial charge >= 0.3 is 11.9 Å². The number of rotatable bonds is 5. The van der Waals surface area contributed by atoms with Crippen molar-refractivity contribution in [2.24, 2.45) is 0 Å². The van der Waals surface area contributed by atoms with Gasteiger partial charge in [-0.15, -0.1) is 0 Å². The lowest BCUT2D eigenvalue weighted by Crippen LogP contribution is -2.36. The van der Waals surface area contributed by atoms with E-state index in [9.17, 15) is 14.4 Å². The van der Waals surface area contributed by atoms with Gasteiger partial charge < -0.3 is 19.5 Å². The van der Waals surface area contributed by atoms with E-state index in [0.717, 1.165) is 11.3 Å². The van der Waals surface area contributed by atoms with Crippen molar-refractivity contribution in [1.82, 2.24) is 5.32 Å². The summed E-state index contributed by atoms with van der Waals surface area (Å²) in [6.07, 6.45) is 0.993. The maximum Gasteiger partial charge on any atom is 0.336 e. The number of ketones is 1. The number of methoxy groups -OCH3 is 2. The highest BCUT2D eigenvalue weighted by atomic mass is 16.6. The van der Waals surface area contributed by atoms with Crippen molar-refractivity contribution in [1.29, 1.82) is 0 Å². The van der Waals surface area contributed by atoms with Gasteiger partial charge in [-0.05, 0) is 42.5 Å². The Bertz CT molecular complexity index is 1210. The predicted molar refractivity (Wildman–Crippen MR) is 125 cm³/mol. The zero-order valence-corrected chi connectivity index (χ0v) is 19.6. The van der Waals surface area contributed by atoms with Crippen LogP contribution >= 0.6 is 0 Å². The summed E-state index contributed by atoms with van der Waals surface area (Å²) in [6.45, 7) is 3.12. The third-order valence-electron chi connectivity index (χ3n) is 6.28. The van der Waals surface area contributed by atoms with Crippen LogP contribution < -0.4 is 14.8 Å². The quantitative estimate of drug-likeness (QED) is 0.528. The molecule has 0 saturated carbocycles. The predicted octanol–water partition coefficient (Wildman–Crippen LogP) is 4.16. The van der Waals surface area contributed by atoms with Crippen molar-refractivity contribution in [3.05, 3.63) is 82.2 Å². The molecule has 2 atom stereocenters. The van der Waals surface area contributed by atoms with Crippen LogP contribution in [0.4, 0.5) is 0 Å². The van der Waals surface area contributed by atoms with Gasteiger partial charge in [-0.25, -0.2) is 4.79 Å². The Labute approximate surface area is 198 Å². The summed E-state index contributed by atoms with van der Waals surface area (Å²) in [7, 11) is 2.79. The Balaban J connectivity index is 1.82. The number of hydrogen-bond acceptors (Lipinski definition) is 7. The van der Waals surface area contributed by atoms with Crippen molar-refractivity contribution < 1.29 is 28.6 Å². The molecule has 0 fully saturated rings. The fraction of sp³-hybridized carbons (Fsp3) is 0.296.